The molecule has 1 aliphatic carbocycles. The molecule has 4 atom stereocenters. The maximum atomic E-state index is 11.7. The zero-order valence-corrected chi connectivity index (χ0v) is 9.70. The van der Waals surface area contributed by atoms with E-state index in [1.807, 2.05) is 0 Å². The molecular weight excluding hydrogens is 188 g/mol. The van der Waals surface area contributed by atoms with Crippen LogP contribution in [0.3, 0.4) is 0 Å². The van der Waals surface area contributed by atoms with Crippen molar-refractivity contribution in [2.24, 2.45) is 17.6 Å². The molecule has 0 radical (unpaired) electrons. The van der Waals surface area contributed by atoms with E-state index >= 15 is 0 Å². The second-order valence-electron chi connectivity index (χ2n) is 4.66. The van der Waals surface area contributed by atoms with Gasteiger partial charge in [0.15, 0.2) is 0 Å². The van der Waals surface area contributed by atoms with Gasteiger partial charge >= 0.3 is 0 Å². The van der Waals surface area contributed by atoms with Crippen LogP contribution in [0, 0.1) is 11.8 Å². The average Bonchev–Trinajstić information content (AvgIpc) is 2.50. The third-order valence-electron chi connectivity index (χ3n) is 3.55. The van der Waals surface area contributed by atoms with Crippen LogP contribution in [0.4, 0.5) is 0 Å². The Balaban J connectivity index is 2.41. The predicted octanol–water partition coefficient (Wildman–Crippen LogP) is 1.44. The standard InChI is InChI=1S/C12H22N2O/c1-4-5-10(13)12(15)14-11-7-6-8(2)9(11)3/h4,8-11H,1,5-7,13H2,2-3H3,(H,14,15). The monoisotopic (exact) mass is 210 g/mol. The summed E-state index contributed by atoms with van der Waals surface area (Å²) in [7, 11) is 0. The molecule has 15 heavy (non-hydrogen) atoms. The summed E-state index contributed by atoms with van der Waals surface area (Å²) in [5, 5.41) is 3.03. The second kappa shape index (κ2) is 5.31. The second-order valence-corrected chi connectivity index (χ2v) is 4.66. The van der Waals surface area contributed by atoms with Gasteiger partial charge in [-0.2, -0.15) is 0 Å². The minimum absolute atomic E-state index is 0.0409. The van der Waals surface area contributed by atoms with E-state index in [2.05, 4.69) is 25.7 Å². The number of carbonyl (C=O) groups excluding carboxylic acids is 1. The van der Waals surface area contributed by atoms with Crippen LogP contribution in [-0.2, 0) is 4.79 Å². The first-order valence-corrected chi connectivity index (χ1v) is 5.73. The summed E-state index contributed by atoms with van der Waals surface area (Å²) in [5.41, 5.74) is 5.70. The molecule has 0 bridgehead atoms. The van der Waals surface area contributed by atoms with Crippen LogP contribution in [-0.4, -0.2) is 18.0 Å². The lowest BCUT2D eigenvalue weighted by molar-refractivity contribution is -0.123. The van der Waals surface area contributed by atoms with E-state index in [1.165, 1.54) is 6.42 Å². The summed E-state index contributed by atoms with van der Waals surface area (Å²) in [6.07, 6.45) is 4.51. The highest BCUT2D eigenvalue weighted by Crippen LogP contribution is 2.30. The Bertz CT molecular complexity index is 240. The summed E-state index contributed by atoms with van der Waals surface area (Å²) >= 11 is 0. The lowest BCUT2D eigenvalue weighted by Gasteiger charge is -2.21. The molecule has 0 aromatic rings. The lowest BCUT2D eigenvalue weighted by Crippen LogP contribution is -2.46. The van der Waals surface area contributed by atoms with E-state index in [4.69, 9.17) is 5.73 Å². The molecule has 86 valence electrons. The van der Waals surface area contributed by atoms with Crippen molar-refractivity contribution in [2.45, 2.75) is 45.2 Å². The number of amides is 1. The van der Waals surface area contributed by atoms with Crippen molar-refractivity contribution in [3.63, 3.8) is 0 Å². The molecule has 1 saturated carbocycles. The zero-order valence-electron chi connectivity index (χ0n) is 9.70. The van der Waals surface area contributed by atoms with Crippen molar-refractivity contribution in [1.82, 2.24) is 5.32 Å². The number of carbonyl (C=O) groups is 1. The Kier molecular flexibility index (Phi) is 4.33. The first kappa shape index (κ1) is 12.2. The van der Waals surface area contributed by atoms with Gasteiger partial charge in [0.2, 0.25) is 5.91 Å². The van der Waals surface area contributed by atoms with Crippen molar-refractivity contribution in [3.8, 4) is 0 Å². The predicted molar refractivity (Wildman–Crippen MR) is 62.3 cm³/mol. The molecule has 3 N–H and O–H groups in total. The van der Waals surface area contributed by atoms with Gasteiger partial charge in [-0.25, -0.2) is 0 Å². The molecule has 1 aliphatic rings. The van der Waals surface area contributed by atoms with E-state index in [0.29, 0.717) is 24.3 Å². The SMILES string of the molecule is C=CCC(N)C(=O)NC1CCC(C)C1C. The minimum atomic E-state index is -0.439. The molecule has 1 amide bonds. The molecule has 3 heteroatoms. The van der Waals surface area contributed by atoms with Crippen molar-refractivity contribution in [1.29, 1.82) is 0 Å². The topological polar surface area (TPSA) is 55.1 Å². The highest BCUT2D eigenvalue weighted by molar-refractivity contribution is 5.81. The van der Waals surface area contributed by atoms with Gasteiger partial charge < -0.3 is 11.1 Å². The summed E-state index contributed by atoms with van der Waals surface area (Å²) in [6, 6.07) is -0.131. The van der Waals surface area contributed by atoms with Crippen LogP contribution in [0.5, 0.6) is 0 Å². The van der Waals surface area contributed by atoms with Gasteiger partial charge in [0, 0.05) is 6.04 Å². The molecule has 0 aromatic heterocycles. The van der Waals surface area contributed by atoms with Crippen molar-refractivity contribution >= 4 is 5.91 Å². The molecule has 0 aromatic carbocycles. The molecular formula is C12H22N2O. The fourth-order valence-corrected chi connectivity index (χ4v) is 2.14. The Hall–Kier alpha value is -0.830. The smallest absolute Gasteiger partial charge is 0.237 e. The largest absolute Gasteiger partial charge is 0.352 e. The van der Waals surface area contributed by atoms with Crippen molar-refractivity contribution in [2.75, 3.05) is 0 Å². The minimum Gasteiger partial charge on any atom is -0.352 e. The van der Waals surface area contributed by atoms with Crippen molar-refractivity contribution in [3.05, 3.63) is 12.7 Å². The van der Waals surface area contributed by atoms with Gasteiger partial charge in [-0.1, -0.05) is 19.9 Å². The van der Waals surface area contributed by atoms with Gasteiger partial charge in [-0.15, -0.1) is 6.58 Å². The third-order valence-corrected chi connectivity index (χ3v) is 3.55. The van der Waals surface area contributed by atoms with Gasteiger partial charge in [-0.05, 0) is 31.1 Å². The van der Waals surface area contributed by atoms with Crippen LogP contribution in [0.2, 0.25) is 0 Å². The summed E-state index contributed by atoms with van der Waals surface area (Å²) < 4.78 is 0. The van der Waals surface area contributed by atoms with E-state index < -0.39 is 6.04 Å². The van der Waals surface area contributed by atoms with Gasteiger partial charge in [0.05, 0.1) is 6.04 Å². The van der Waals surface area contributed by atoms with E-state index in [-0.39, 0.29) is 5.91 Å². The van der Waals surface area contributed by atoms with E-state index in [0.717, 1.165) is 6.42 Å². The fraction of sp³-hybridized carbons (Fsp3) is 0.750. The van der Waals surface area contributed by atoms with Crippen LogP contribution in [0.1, 0.15) is 33.1 Å². The lowest BCUT2D eigenvalue weighted by atomic mass is 9.97. The summed E-state index contributed by atoms with van der Waals surface area (Å²) in [5.74, 6) is 1.22. The van der Waals surface area contributed by atoms with Crippen LogP contribution >= 0.6 is 0 Å². The first-order valence-electron chi connectivity index (χ1n) is 5.73. The highest BCUT2D eigenvalue weighted by Gasteiger charge is 2.31. The average molecular weight is 210 g/mol. The molecule has 3 nitrogen and oxygen atoms in total. The summed E-state index contributed by atoms with van der Waals surface area (Å²) in [6.45, 7) is 8.01. The van der Waals surface area contributed by atoms with Gasteiger partial charge in [-0.3, -0.25) is 4.79 Å². The van der Waals surface area contributed by atoms with Crippen molar-refractivity contribution < 1.29 is 4.79 Å². The summed E-state index contributed by atoms with van der Waals surface area (Å²) in [4.78, 5) is 11.7. The molecule has 0 heterocycles. The fourth-order valence-electron chi connectivity index (χ4n) is 2.14. The van der Waals surface area contributed by atoms with E-state index in [9.17, 15) is 4.79 Å². The van der Waals surface area contributed by atoms with Crippen LogP contribution < -0.4 is 11.1 Å². The molecule has 0 aliphatic heterocycles. The molecule has 4 unspecified atom stereocenters. The third kappa shape index (κ3) is 3.06. The quantitative estimate of drug-likeness (QED) is 0.690. The van der Waals surface area contributed by atoms with Gasteiger partial charge in [0.25, 0.3) is 0 Å². The maximum Gasteiger partial charge on any atom is 0.237 e. The van der Waals surface area contributed by atoms with Crippen LogP contribution in [0.15, 0.2) is 12.7 Å². The number of nitrogens with two attached hydrogens (primary N) is 1. The molecule has 0 spiro atoms. The maximum absolute atomic E-state index is 11.7. The highest BCUT2D eigenvalue weighted by atomic mass is 16.2. The zero-order chi connectivity index (χ0) is 11.4. The Morgan fingerprint density at radius 3 is 2.73 bits per heavy atom. The van der Waals surface area contributed by atoms with E-state index in [1.54, 1.807) is 6.08 Å². The normalized spacial score (nSPS) is 32.3. The first-order chi connectivity index (χ1) is 7.06. The number of hydrogen-bond acceptors (Lipinski definition) is 2. The van der Waals surface area contributed by atoms with Gasteiger partial charge in [0.1, 0.15) is 0 Å². The Labute approximate surface area is 92.1 Å². The molecule has 1 rings (SSSR count). The van der Waals surface area contributed by atoms with Crippen LogP contribution in [0.25, 0.3) is 0 Å². The number of nitrogens with one attached hydrogen (secondary N) is 1. The Morgan fingerprint density at radius 2 is 2.27 bits per heavy atom. The Morgan fingerprint density at radius 1 is 1.60 bits per heavy atom. The number of rotatable bonds is 4. The molecule has 1 fully saturated rings. The number of hydrogen-bond donors (Lipinski definition) is 2. The molecule has 0 saturated heterocycles.